The number of anilines is 3. The first-order chi connectivity index (χ1) is 13.3. The number of ether oxygens (including phenoxy) is 1. The lowest BCUT2D eigenvalue weighted by molar-refractivity contribution is 0.240. The zero-order valence-corrected chi connectivity index (χ0v) is 16.7. The molecule has 1 aromatic heterocycles. The molecule has 0 fully saturated rings. The van der Waals surface area contributed by atoms with Gasteiger partial charge >= 0.3 is 0 Å². The molecule has 2 heterocycles. The number of aliphatic imine (C=N–C) groups is 1. The Bertz CT molecular complexity index is 1050. The van der Waals surface area contributed by atoms with Crippen LogP contribution in [0.5, 0.6) is 5.75 Å². The van der Waals surface area contributed by atoms with Crippen LogP contribution in [0.25, 0.3) is 0 Å². The van der Waals surface area contributed by atoms with Crippen molar-refractivity contribution in [1.29, 1.82) is 10.5 Å². The summed E-state index contributed by atoms with van der Waals surface area (Å²) in [5, 5.41) is 23.7. The molecule has 0 radical (unpaired) electrons. The summed E-state index contributed by atoms with van der Waals surface area (Å²) in [6, 6.07) is 6.89. The number of pyridine rings is 1. The molecule has 10 heteroatoms. The van der Waals surface area contributed by atoms with E-state index in [0.29, 0.717) is 17.1 Å². The number of hydrogen-bond acceptors (Lipinski definition) is 9. The first kappa shape index (κ1) is 19.3. The van der Waals surface area contributed by atoms with Gasteiger partial charge in [-0.1, -0.05) is 6.07 Å². The van der Waals surface area contributed by atoms with Gasteiger partial charge in [0.15, 0.2) is 6.19 Å². The summed E-state index contributed by atoms with van der Waals surface area (Å²) in [4.78, 5) is 8.77. The highest BCUT2D eigenvalue weighted by Gasteiger charge is 2.30. The Morgan fingerprint density at radius 2 is 2.07 bits per heavy atom. The largest absolute Gasteiger partial charge is 0.490 e. The number of guanidine groups is 1. The van der Waals surface area contributed by atoms with Crippen molar-refractivity contribution >= 4 is 39.2 Å². The van der Waals surface area contributed by atoms with Crippen LogP contribution in [0.1, 0.15) is 36.6 Å². The van der Waals surface area contributed by atoms with Gasteiger partial charge in [0.1, 0.15) is 35.1 Å². The fourth-order valence-corrected chi connectivity index (χ4v) is 3.20. The molecule has 1 atom stereocenters. The molecule has 28 heavy (non-hydrogen) atoms. The van der Waals surface area contributed by atoms with Crippen molar-refractivity contribution in [2.75, 3.05) is 16.8 Å². The van der Waals surface area contributed by atoms with Crippen LogP contribution in [0.3, 0.4) is 0 Å². The standard InChI is InChI=1S/C18H17BrN8O/c1-8(2)28-12-5-9(3-4-11(12)19)15-13-14(22)10(6-20)16(23)26-17(13)27-18(25-15)24-7-21/h3-5,8,15H,1-2H3,(H6,22,23,24,25,26,27). The Morgan fingerprint density at radius 3 is 2.71 bits per heavy atom. The lowest BCUT2D eigenvalue weighted by Crippen LogP contribution is -2.32. The Morgan fingerprint density at radius 1 is 1.32 bits per heavy atom. The van der Waals surface area contributed by atoms with E-state index in [-0.39, 0.29) is 29.1 Å². The first-order valence-corrected chi connectivity index (χ1v) is 9.10. The molecular formula is C18H17BrN8O. The number of fused-ring (bicyclic) bond motifs is 1. The van der Waals surface area contributed by atoms with Crippen LogP contribution in [-0.2, 0) is 0 Å². The minimum Gasteiger partial charge on any atom is -0.490 e. The Balaban J connectivity index is 2.21. The number of benzene rings is 1. The van der Waals surface area contributed by atoms with Gasteiger partial charge in [-0.3, -0.25) is 5.32 Å². The summed E-state index contributed by atoms with van der Waals surface area (Å²) < 4.78 is 6.63. The lowest BCUT2D eigenvalue weighted by atomic mass is 9.95. The van der Waals surface area contributed by atoms with Crippen LogP contribution in [0.2, 0.25) is 0 Å². The number of halogens is 1. The van der Waals surface area contributed by atoms with Crippen molar-refractivity contribution in [1.82, 2.24) is 10.3 Å². The number of rotatable bonds is 3. The number of nitriles is 2. The van der Waals surface area contributed by atoms with Gasteiger partial charge in [0.05, 0.1) is 16.3 Å². The quantitative estimate of drug-likeness (QED) is 0.418. The average molecular weight is 441 g/mol. The second-order valence-electron chi connectivity index (χ2n) is 6.26. The number of nitrogen functional groups attached to an aromatic ring is 2. The van der Waals surface area contributed by atoms with E-state index in [4.69, 9.17) is 21.5 Å². The molecule has 0 saturated carbocycles. The summed E-state index contributed by atoms with van der Waals surface area (Å²) in [5.41, 5.74) is 13.6. The second kappa shape index (κ2) is 7.62. The fraction of sp³-hybridized carbons (Fsp3) is 0.222. The van der Waals surface area contributed by atoms with Gasteiger partial charge in [0.25, 0.3) is 0 Å². The van der Waals surface area contributed by atoms with Gasteiger partial charge in [-0.05, 0) is 47.5 Å². The van der Waals surface area contributed by atoms with E-state index in [9.17, 15) is 5.26 Å². The maximum absolute atomic E-state index is 9.39. The molecule has 1 aromatic carbocycles. The zero-order chi connectivity index (χ0) is 20.4. The van der Waals surface area contributed by atoms with E-state index >= 15 is 0 Å². The number of nitrogens with zero attached hydrogens (tertiary/aromatic N) is 4. The van der Waals surface area contributed by atoms with E-state index < -0.39 is 6.04 Å². The molecule has 1 unspecified atom stereocenters. The van der Waals surface area contributed by atoms with E-state index in [1.165, 1.54) is 0 Å². The molecule has 0 aliphatic carbocycles. The summed E-state index contributed by atoms with van der Waals surface area (Å²) in [6.45, 7) is 3.85. The fourth-order valence-electron chi connectivity index (χ4n) is 2.86. The molecule has 6 N–H and O–H groups in total. The average Bonchev–Trinajstić information content (AvgIpc) is 2.63. The summed E-state index contributed by atoms with van der Waals surface area (Å²) >= 11 is 3.47. The third-order valence-electron chi connectivity index (χ3n) is 3.99. The highest BCUT2D eigenvalue weighted by atomic mass is 79.9. The number of hydrogen-bond donors (Lipinski definition) is 4. The summed E-state index contributed by atoms with van der Waals surface area (Å²) in [7, 11) is 0. The normalized spacial score (nSPS) is 14.9. The van der Waals surface area contributed by atoms with Crippen LogP contribution in [0.4, 0.5) is 17.3 Å². The van der Waals surface area contributed by atoms with Gasteiger partial charge in [-0.15, -0.1) is 0 Å². The van der Waals surface area contributed by atoms with E-state index in [2.05, 4.69) is 36.5 Å². The van der Waals surface area contributed by atoms with Crippen molar-refractivity contribution in [3.05, 3.63) is 39.4 Å². The maximum atomic E-state index is 9.39. The van der Waals surface area contributed by atoms with Gasteiger partial charge in [0, 0.05) is 5.56 Å². The minimum absolute atomic E-state index is 0.00263. The Hall–Kier alpha value is -3.50. The predicted octanol–water partition coefficient (Wildman–Crippen LogP) is 2.61. The molecule has 1 aliphatic rings. The van der Waals surface area contributed by atoms with E-state index in [1.807, 2.05) is 44.3 Å². The number of nitrogens with one attached hydrogen (secondary N) is 2. The second-order valence-corrected chi connectivity index (χ2v) is 7.11. The Kier molecular flexibility index (Phi) is 5.25. The van der Waals surface area contributed by atoms with Gasteiger partial charge in [-0.25, -0.2) is 9.98 Å². The van der Waals surface area contributed by atoms with Crippen molar-refractivity contribution in [3.8, 4) is 18.0 Å². The molecule has 0 spiro atoms. The molecule has 142 valence electrons. The van der Waals surface area contributed by atoms with Crippen LogP contribution < -0.4 is 26.8 Å². The molecule has 2 aromatic rings. The van der Waals surface area contributed by atoms with Gasteiger partial charge in [-0.2, -0.15) is 10.5 Å². The monoisotopic (exact) mass is 440 g/mol. The highest BCUT2D eigenvalue weighted by Crippen LogP contribution is 2.42. The molecular weight excluding hydrogens is 424 g/mol. The topological polar surface area (TPSA) is 158 Å². The SMILES string of the molecule is CC(C)Oc1cc(C2N=C(NC#N)Nc3nc(N)c(C#N)c(N)c32)ccc1Br. The van der Waals surface area contributed by atoms with Gasteiger partial charge < -0.3 is 21.5 Å². The van der Waals surface area contributed by atoms with Crippen LogP contribution in [-0.4, -0.2) is 17.0 Å². The summed E-state index contributed by atoms with van der Waals surface area (Å²) in [5.74, 6) is 1.18. The minimum atomic E-state index is -0.616. The molecule has 1 aliphatic heterocycles. The summed E-state index contributed by atoms with van der Waals surface area (Å²) in [6.07, 6.45) is 1.80. The van der Waals surface area contributed by atoms with E-state index in [1.54, 1.807) is 0 Å². The van der Waals surface area contributed by atoms with Crippen molar-refractivity contribution < 1.29 is 4.74 Å². The van der Waals surface area contributed by atoms with Crippen LogP contribution >= 0.6 is 15.9 Å². The van der Waals surface area contributed by atoms with Gasteiger partial charge in [0.2, 0.25) is 5.96 Å². The lowest BCUT2D eigenvalue weighted by Gasteiger charge is -2.26. The molecule has 9 nitrogen and oxygen atoms in total. The van der Waals surface area contributed by atoms with Crippen molar-refractivity contribution in [2.45, 2.75) is 26.0 Å². The van der Waals surface area contributed by atoms with Crippen molar-refractivity contribution in [3.63, 3.8) is 0 Å². The number of nitrogens with two attached hydrogens (primary N) is 2. The highest BCUT2D eigenvalue weighted by molar-refractivity contribution is 9.10. The smallest absolute Gasteiger partial charge is 0.211 e. The first-order valence-electron chi connectivity index (χ1n) is 8.30. The van der Waals surface area contributed by atoms with Crippen LogP contribution in [0, 0.1) is 22.8 Å². The third kappa shape index (κ3) is 3.50. The Labute approximate surface area is 170 Å². The van der Waals surface area contributed by atoms with Crippen LogP contribution in [0.15, 0.2) is 27.7 Å². The molecule has 0 bridgehead atoms. The zero-order valence-electron chi connectivity index (χ0n) is 15.1. The molecule has 0 amide bonds. The van der Waals surface area contributed by atoms with E-state index in [0.717, 1.165) is 10.0 Å². The maximum Gasteiger partial charge on any atom is 0.211 e. The molecule has 3 rings (SSSR count). The molecule has 0 saturated heterocycles. The van der Waals surface area contributed by atoms with Crippen molar-refractivity contribution in [2.24, 2.45) is 4.99 Å². The predicted molar refractivity (Wildman–Crippen MR) is 109 cm³/mol. The third-order valence-corrected chi connectivity index (χ3v) is 4.65. The number of aromatic nitrogens is 1.